The second-order valence-corrected chi connectivity index (χ2v) is 4.80. The lowest BCUT2D eigenvalue weighted by molar-refractivity contribution is 0.105. The first-order chi connectivity index (χ1) is 8.95. The van der Waals surface area contributed by atoms with Crippen LogP contribution in [-0.4, -0.2) is 64.8 Å². The summed E-state index contributed by atoms with van der Waals surface area (Å²) in [6.45, 7) is 0.862. The molecule has 1 unspecified atom stereocenters. The van der Waals surface area contributed by atoms with E-state index in [-0.39, 0.29) is 23.7 Å². The number of rotatable bonds is 7. The molecule has 0 aliphatic rings. The van der Waals surface area contributed by atoms with E-state index in [1.54, 1.807) is 0 Å². The molecule has 8 heteroatoms. The van der Waals surface area contributed by atoms with Gasteiger partial charge < -0.3 is 20.4 Å². The Morgan fingerprint density at radius 1 is 1.58 bits per heavy atom. The number of hydrogen-bond acceptors (Lipinski definition) is 6. The number of halogens is 1. The van der Waals surface area contributed by atoms with Crippen molar-refractivity contribution in [2.75, 3.05) is 39.1 Å². The van der Waals surface area contributed by atoms with E-state index in [9.17, 15) is 9.90 Å². The van der Waals surface area contributed by atoms with Gasteiger partial charge in [0.1, 0.15) is 5.02 Å². The minimum atomic E-state index is -0.910. The average molecular weight is 291 g/mol. The predicted octanol–water partition coefficient (Wildman–Crippen LogP) is -0.777. The van der Waals surface area contributed by atoms with Crippen molar-refractivity contribution in [3.63, 3.8) is 0 Å². The van der Waals surface area contributed by atoms with Crippen LogP contribution in [0.5, 0.6) is 0 Å². The molecule has 0 amide bonds. The molecule has 0 aromatic carbocycles. The Kier molecular flexibility index (Phi) is 6.23. The maximum absolute atomic E-state index is 11.9. The number of aliphatic hydroxyl groups is 2. The predicted molar refractivity (Wildman–Crippen MR) is 73.6 cm³/mol. The van der Waals surface area contributed by atoms with Crippen molar-refractivity contribution in [2.24, 2.45) is 0 Å². The topological polar surface area (TPSA) is 90.6 Å². The van der Waals surface area contributed by atoms with Crippen molar-refractivity contribution in [1.29, 1.82) is 0 Å². The van der Waals surface area contributed by atoms with Crippen LogP contribution in [0.3, 0.4) is 0 Å². The van der Waals surface area contributed by atoms with Crippen LogP contribution < -0.4 is 10.9 Å². The van der Waals surface area contributed by atoms with Crippen LogP contribution in [0.1, 0.15) is 0 Å². The molecule has 0 radical (unpaired) electrons. The maximum atomic E-state index is 11.9. The van der Waals surface area contributed by atoms with Crippen LogP contribution in [0, 0.1) is 0 Å². The summed E-state index contributed by atoms with van der Waals surface area (Å²) in [5, 5.41) is 24.7. The molecular weight excluding hydrogens is 272 g/mol. The zero-order chi connectivity index (χ0) is 14.4. The Morgan fingerprint density at radius 3 is 2.84 bits per heavy atom. The second kappa shape index (κ2) is 7.44. The lowest BCUT2D eigenvalue weighted by atomic mass is 10.3. The molecule has 1 rings (SSSR count). The first-order valence-electron chi connectivity index (χ1n) is 5.88. The fraction of sp³-hybridized carbons (Fsp3) is 0.636. The minimum Gasteiger partial charge on any atom is -0.394 e. The molecule has 108 valence electrons. The standard InChI is InChI=1S/C11H19ClN4O3/c1-15(2)3-4-16-11(19)10(12)9(6-14-16)13-5-8(18)7-17/h6,8,13,17-18H,3-5,7H2,1-2H3. The molecule has 1 aromatic rings. The van der Waals surface area contributed by atoms with E-state index in [2.05, 4.69) is 10.4 Å². The third-order valence-electron chi connectivity index (χ3n) is 2.48. The number of nitrogens with zero attached hydrogens (tertiary/aromatic N) is 3. The van der Waals surface area contributed by atoms with E-state index in [0.29, 0.717) is 18.8 Å². The fourth-order valence-corrected chi connectivity index (χ4v) is 1.55. The van der Waals surface area contributed by atoms with Gasteiger partial charge in [0.25, 0.3) is 5.56 Å². The number of likely N-dealkylation sites (N-methyl/N-ethyl adjacent to an activating group) is 1. The van der Waals surface area contributed by atoms with Gasteiger partial charge in [-0.25, -0.2) is 4.68 Å². The average Bonchev–Trinajstić information content (AvgIpc) is 2.38. The van der Waals surface area contributed by atoms with Crippen molar-refractivity contribution in [1.82, 2.24) is 14.7 Å². The zero-order valence-electron chi connectivity index (χ0n) is 11.0. The Hall–Kier alpha value is -1.15. The number of nitrogens with one attached hydrogen (secondary N) is 1. The number of hydrogen-bond donors (Lipinski definition) is 3. The quantitative estimate of drug-likeness (QED) is 0.610. The van der Waals surface area contributed by atoms with Crippen LogP contribution in [0.4, 0.5) is 5.69 Å². The zero-order valence-corrected chi connectivity index (χ0v) is 11.8. The molecule has 0 spiro atoms. The fourth-order valence-electron chi connectivity index (χ4n) is 1.33. The molecule has 19 heavy (non-hydrogen) atoms. The SMILES string of the molecule is CN(C)CCn1ncc(NCC(O)CO)c(Cl)c1=O. The summed E-state index contributed by atoms with van der Waals surface area (Å²) in [5.74, 6) is 0. The molecule has 7 nitrogen and oxygen atoms in total. The van der Waals surface area contributed by atoms with Crippen LogP contribution >= 0.6 is 11.6 Å². The highest BCUT2D eigenvalue weighted by Gasteiger charge is 2.10. The van der Waals surface area contributed by atoms with Gasteiger partial charge in [-0.15, -0.1) is 0 Å². The molecule has 0 aliphatic heterocycles. The van der Waals surface area contributed by atoms with E-state index in [0.717, 1.165) is 0 Å². The van der Waals surface area contributed by atoms with Gasteiger partial charge in [-0.05, 0) is 14.1 Å². The van der Waals surface area contributed by atoms with E-state index in [1.165, 1.54) is 10.9 Å². The van der Waals surface area contributed by atoms with Crippen molar-refractivity contribution >= 4 is 17.3 Å². The number of aliphatic hydroxyl groups excluding tert-OH is 2. The van der Waals surface area contributed by atoms with Crippen LogP contribution in [0.25, 0.3) is 0 Å². The monoisotopic (exact) mass is 290 g/mol. The largest absolute Gasteiger partial charge is 0.394 e. The van der Waals surface area contributed by atoms with Crippen molar-refractivity contribution in [2.45, 2.75) is 12.6 Å². The third-order valence-corrected chi connectivity index (χ3v) is 2.85. The van der Waals surface area contributed by atoms with Crippen molar-refractivity contribution < 1.29 is 10.2 Å². The van der Waals surface area contributed by atoms with E-state index < -0.39 is 6.10 Å². The number of aromatic nitrogens is 2. The van der Waals surface area contributed by atoms with Gasteiger partial charge in [0.15, 0.2) is 0 Å². The summed E-state index contributed by atoms with van der Waals surface area (Å²) < 4.78 is 1.29. The maximum Gasteiger partial charge on any atom is 0.287 e. The van der Waals surface area contributed by atoms with Crippen LogP contribution in [0.2, 0.25) is 5.02 Å². The summed E-state index contributed by atoms with van der Waals surface area (Å²) in [4.78, 5) is 13.9. The Labute approximate surface area is 116 Å². The van der Waals surface area contributed by atoms with Gasteiger partial charge in [0.05, 0.1) is 31.1 Å². The molecular formula is C11H19ClN4O3. The molecule has 1 heterocycles. The molecule has 0 saturated heterocycles. The molecule has 0 saturated carbocycles. The van der Waals surface area contributed by atoms with Gasteiger partial charge in [-0.3, -0.25) is 4.79 Å². The molecule has 0 bridgehead atoms. The first kappa shape index (κ1) is 15.9. The molecule has 0 aliphatic carbocycles. The highest BCUT2D eigenvalue weighted by atomic mass is 35.5. The van der Waals surface area contributed by atoms with Gasteiger partial charge in [0, 0.05) is 13.1 Å². The summed E-state index contributed by atoms with van der Waals surface area (Å²) >= 11 is 5.95. The van der Waals surface area contributed by atoms with E-state index in [1.807, 2.05) is 19.0 Å². The van der Waals surface area contributed by atoms with Crippen LogP contribution in [-0.2, 0) is 6.54 Å². The first-order valence-corrected chi connectivity index (χ1v) is 6.26. The minimum absolute atomic E-state index is 0.0268. The highest BCUT2D eigenvalue weighted by Crippen LogP contribution is 2.14. The summed E-state index contributed by atoms with van der Waals surface area (Å²) in [6, 6.07) is 0. The second-order valence-electron chi connectivity index (χ2n) is 4.42. The normalized spacial score (nSPS) is 12.7. The lowest BCUT2D eigenvalue weighted by Gasteiger charge is -2.13. The molecule has 1 atom stereocenters. The molecule has 0 fully saturated rings. The Bertz CT molecular complexity index is 464. The Morgan fingerprint density at radius 2 is 2.26 bits per heavy atom. The molecule has 3 N–H and O–H groups in total. The van der Waals surface area contributed by atoms with Gasteiger partial charge in [-0.1, -0.05) is 11.6 Å². The van der Waals surface area contributed by atoms with E-state index in [4.69, 9.17) is 16.7 Å². The highest BCUT2D eigenvalue weighted by molar-refractivity contribution is 6.32. The summed E-state index contributed by atoms with van der Waals surface area (Å²) in [7, 11) is 3.80. The van der Waals surface area contributed by atoms with Crippen LogP contribution in [0.15, 0.2) is 11.0 Å². The lowest BCUT2D eigenvalue weighted by Crippen LogP contribution is -2.30. The van der Waals surface area contributed by atoms with Crippen molar-refractivity contribution in [3.8, 4) is 0 Å². The van der Waals surface area contributed by atoms with E-state index >= 15 is 0 Å². The molecule has 1 aromatic heterocycles. The Balaban J connectivity index is 2.77. The van der Waals surface area contributed by atoms with Crippen molar-refractivity contribution in [3.05, 3.63) is 21.6 Å². The number of anilines is 1. The van der Waals surface area contributed by atoms with Gasteiger partial charge in [-0.2, -0.15) is 5.10 Å². The summed E-state index contributed by atoms with van der Waals surface area (Å²) in [6.07, 6.45) is 0.524. The smallest absolute Gasteiger partial charge is 0.287 e. The van der Waals surface area contributed by atoms with Gasteiger partial charge >= 0.3 is 0 Å². The summed E-state index contributed by atoms with van der Waals surface area (Å²) in [5.41, 5.74) is -0.0349. The van der Waals surface area contributed by atoms with Gasteiger partial charge in [0.2, 0.25) is 0 Å². The third kappa shape index (κ3) is 4.79.